The van der Waals surface area contributed by atoms with Crippen LogP contribution in [-0.2, 0) is 14.6 Å². The number of nitrogens with one attached hydrogen (secondary N) is 2. The normalized spacial score (nSPS) is 13.0. The number of hydroxylamine groups is 1. The summed E-state index contributed by atoms with van der Waals surface area (Å²) in [6, 6.07) is 4.31. The van der Waals surface area contributed by atoms with Gasteiger partial charge in [-0.05, 0) is 50.0 Å². The van der Waals surface area contributed by atoms with Gasteiger partial charge in [0.1, 0.15) is 12.1 Å². The highest BCUT2D eigenvalue weighted by molar-refractivity contribution is 7.92. The number of carbonyl (C=O) groups excluding carboxylic acids is 2. The van der Waals surface area contributed by atoms with Crippen LogP contribution in [0.2, 0.25) is 0 Å². The van der Waals surface area contributed by atoms with E-state index in [1.165, 1.54) is 43.6 Å². The fraction of sp³-hybridized carbons (Fsp3) is 0.368. The topological polar surface area (TPSA) is 153 Å². The van der Waals surface area contributed by atoms with E-state index in [0.717, 1.165) is 6.26 Å². The molecule has 0 aliphatic carbocycles. The molecular formula is C19H22N2O7S. The zero-order valence-corrected chi connectivity index (χ0v) is 16.9. The highest BCUT2D eigenvalue weighted by Crippen LogP contribution is 2.21. The Bertz CT molecular complexity index is 977. The molecular weight excluding hydrogens is 400 g/mol. The number of benzene rings is 1. The summed E-state index contributed by atoms with van der Waals surface area (Å²) in [6.07, 6.45) is -0.247. The number of aliphatic hydroxyl groups is 2. The molecule has 1 unspecified atom stereocenters. The lowest BCUT2D eigenvalue weighted by atomic mass is 10.0. The molecule has 10 heteroatoms. The average Bonchev–Trinajstić information content (AvgIpc) is 2.67. The molecule has 29 heavy (non-hydrogen) atoms. The van der Waals surface area contributed by atoms with Gasteiger partial charge in [-0.3, -0.25) is 14.8 Å². The molecule has 0 fully saturated rings. The van der Waals surface area contributed by atoms with Crippen molar-refractivity contribution in [3.8, 4) is 23.7 Å². The number of hydrogen-bond acceptors (Lipinski definition) is 7. The quantitative estimate of drug-likeness (QED) is 0.220. The average molecular weight is 422 g/mol. The molecule has 0 aromatic heterocycles. The van der Waals surface area contributed by atoms with E-state index in [1.54, 1.807) is 0 Å². The second-order valence-electron chi connectivity index (χ2n) is 6.55. The Kier molecular flexibility index (Phi) is 8.37. The Morgan fingerprint density at radius 3 is 2.24 bits per heavy atom. The van der Waals surface area contributed by atoms with Crippen molar-refractivity contribution in [2.45, 2.75) is 30.7 Å². The fourth-order valence-electron chi connectivity index (χ4n) is 2.02. The van der Waals surface area contributed by atoms with Gasteiger partial charge >= 0.3 is 0 Å². The lowest BCUT2D eigenvalue weighted by Gasteiger charge is -2.31. The standard InChI is InChI=1S/C19H22N2O7S/c1-19(2,29(3,27)28)16(18(25)21-26)20-17(24)14-10-8-13(9-11-14)6-4-5-7-15(23)12-22/h8-11,15-16,22-23,26H,12H2,1-3H3,(H,20,24)(H,21,25)/t15?,16-/m1/s1. The maximum Gasteiger partial charge on any atom is 0.267 e. The molecule has 0 bridgehead atoms. The van der Waals surface area contributed by atoms with Gasteiger partial charge in [0, 0.05) is 17.4 Å². The summed E-state index contributed by atoms with van der Waals surface area (Å²) in [6.45, 7) is 2.02. The zero-order valence-electron chi connectivity index (χ0n) is 16.1. The van der Waals surface area contributed by atoms with E-state index in [0.29, 0.717) is 5.56 Å². The molecule has 1 aromatic rings. The lowest BCUT2D eigenvalue weighted by molar-refractivity contribution is -0.131. The molecule has 0 saturated heterocycles. The van der Waals surface area contributed by atoms with Crippen LogP contribution in [0.3, 0.4) is 0 Å². The second-order valence-corrected chi connectivity index (χ2v) is 9.15. The molecule has 9 nitrogen and oxygen atoms in total. The number of aliphatic hydroxyl groups excluding tert-OH is 2. The summed E-state index contributed by atoms with van der Waals surface area (Å²) in [5.74, 6) is 8.04. The summed E-state index contributed by atoms with van der Waals surface area (Å²) < 4.78 is 22.3. The third kappa shape index (κ3) is 6.59. The van der Waals surface area contributed by atoms with E-state index in [1.807, 2.05) is 0 Å². The SMILES string of the molecule is CC(C)([C@H](NC(=O)c1ccc(C#CC#CC(O)CO)cc1)C(=O)NO)S(C)(=O)=O. The lowest BCUT2D eigenvalue weighted by Crippen LogP contribution is -2.60. The molecule has 156 valence electrons. The second kappa shape index (κ2) is 10.0. The van der Waals surface area contributed by atoms with Crippen LogP contribution in [0.15, 0.2) is 24.3 Å². The van der Waals surface area contributed by atoms with Crippen LogP contribution in [0.1, 0.15) is 29.8 Å². The van der Waals surface area contributed by atoms with Gasteiger partial charge < -0.3 is 15.5 Å². The smallest absolute Gasteiger partial charge is 0.267 e. The first kappa shape index (κ1) is 24.1. The molecule has 0 heterocycles. The van der Waals surface area contributed by atoms with Crippen molar-refractivity contribution in [3.63, 3.8) is 0 Å². The van der Waals surface area contributed by atoms with Crippen molar-refractivity contribution in [1.82, 2.24) is 10.8 Å². The molecule has 0 saturated carbocycles. The molecule has 0 spiro atoms. The molecule has 5 N–H and O–H groups in total. The Morgan fingerprint density at radius 2 is 1.76 bits per heavy atom. The van der Waals surface area contributed by atoms with Gasteiger partial charge in [0.15, 0.2) is 9.84 Å². The Morgan fingerprint density at radius 1 is 1.17 bits per heavy atom. The largest absolute Gasteiger partial charge is 0.393 e. The van der Waals surface area contributed by atoms with Gasteiger partial charge in [0.05, 0.1) is 11.4 Å². The van der Waals surface area contributed by atoms with Crippen LogP contribution < -0.4 is 10.8 Å². The van der Waals surface area contributed by atoms with E-state index < -0.39 is 45.2 Å². The summed E-state index contributed by atoms with van der Waals surface area (Å²) in [4.78, 5) is 24.4. The van der Waals surface area contributed by atoms with Gasteiger partial charge in [0.25, 0.3) is 11.8 Å². The summed E-state index contributed by atoms with van der Waals surface area (Å²) in [5.41, 5.74) is 2.01. The number of hydrogen-bond donors (Lipinski definition) is 5. The molecule has 0 aliphatic heterocycles. The van der Waals surface area contributed by atoms with Crippen LogP contribution in [0.25, 0.3) is 0 Å². The molecule has 1 aromatic carbocycles. The van der Waals surface area contributed by atoms with Crippen LogP contribution >= 0.6 is 0 Å². The minimum Gasteiger partial charge on any atom is -0.393 e. The molecule has 1 rings (SSSR count). The van der Waals surface area contributed by atoms with Crippen LogP contribution in [0.5, 0.6) is 0 Å². The summed E-state index contributed by atoms with van der Waals surface area (Å²) >= 11 is 0. The van der Waals surface area contributed by atoms with Crippen LogP contribution in [0, 0.1) is 23.7 Å². The van der Waals surface area contributed by atoms with Crippen molar-refractivity contribution in [2.75, 3.05) is 12.9 Å². The van der Waals surface area contributed by atoms with Crippen LogP contribution in [0.4, 0.5) is 0 Å². The summed E-state index contributed by atoms with van der Waals surface area (Å²) in [7, 11) is -3.76. The summed E-state index contributed by atoms with van der Waals surface area (Å²) in [5, 5.41) is 28.9. The van der Waals surface area contributed by atoms with Crippen molar-refractivity contribution in [2.24, 2.45) is 0 Å². The highest BCUT2D eigenvalue weighted by Gasteiger charge is 2.44. The van der Waals surface area contributed by atoms with E-state index >= 15 is 0 Å². The van der Waals surface area contributed by atoms with Crippen molar-refractivity contribution >= 4 is 21.7 Å². The van der Waals surface area contributed by atoms with E-state index in [9.17, 15) is 18.0 Å². The third-order valence-corrected chi connectivity index (χ3v) is 6.27. The monoisotopic (exact) mass is 422 g/mol. The molecule has 0 aliphatic rings. The van der Waals surface area contributed by atoms with E-state index in [-0.39, 0.29) is 5.56 Å². The van der Waals surface area contributed by atoms with Crippen molar-refractivity contribution in [3.05, 3.63) is 35.4 Å². The van der Waals surface area contributed by atoms with Gasteiger partial charge in [0.2, 0.25) is 0 Å². The molecule has 2 amide bonds. The Hall–Kier alpha value is -2.89. The van der Waals surface area contributed by atoms with Crippen molar-refractivity contribution in [1.29, 1.82) is 0 Å². The predicted molar refractivity (Wildman–Crippen MR) is 104 cm³/mol. The van der Waals surface area contributed by atoms with Crippen LogP contribution in [-0.4, -0.2) is 65.4 Å². The van der Waals surface area contributed by atoms with Crippen molar-refractivity contribution < 1.29 is 33.4 Å². The first-order valence-corrected chi connectivity index (χ1v) is 10.2. The Labute approximate surface area is 169 Å². The fourth-order valence-corrected chi connectivity index (χ4v) is 2.62. The van der Waals surface area contributed by atoms with Gasteiger partial charge in [-0.1, -0.05) is 11.8 Å². The minimum atomic E-state index is -3.76. The number of carbonyl (C=O) groups is 2. The predicted octanol–water partition coefficient (Wildman–Crippen LogP) is -1.18. The number of sulfone groups is 1. The van der Waals surface area contributed by atoms with E-state index in [2.05, 4.69) is 29.0 Å². The highest BCUT2D eigenvalue weighted by atomic mass is 32.2. The number of rotatable bonds is 6. The van der Waals surface area contributed by atoms with Gasteiger partial charge in [-0.25, -0.2) is 13.9 Å². The Balaban J connectivity index is 3.01. The van der Waals surface area contributed by atoms with Gasteiger partial charge in [-0.15, -0.1) is 0 Å². The minimum absolute atomic E-state index is 0.136. The van der Waals surface area contributed by atoms with E-state index in [4.69, 9.17) is 15.4 Å². The first-order valence-electron chi connectivity index (χ1n) is 8.29. The zero-order chi connectivity index (χ0) is 22.2. The first-order chi connectivity index (χ1) is 13.4. The molecule has 0 radical (unpaired) electrons. The third-order valence-electron chi connectivity index (χ3n) is 4.13. The molecule has 2 atom stereocenters. The van der Waals surface area contributed by atoms with Gasteiger partial charge in [-0.2, -0.15) is 0 Å². The number of amides is 2. The maximum absolute atomic E-state index is 12.5. The maximum atomic E-state index is 12.5.